The molecule has 19 heavy (non-hydrogen) atoms. The first-order valence-corrected chi connectivity index (χ1v) is 7.85. The van der Waals surface area contributed by atoms with E-state index in [1.807, 2.05) is 0 Å². The number of hydrogen-bond acceptors (Lipinski definition) is 3. The van der Waals surface area contributed by atoms with E-state index in [0.29, 0.717) is 0 Å². The second kappa shape index (κ2) is 12.6. The summed E-state index contributed by atoms with van der Waals surface area (Å²) >= 11 is 0. The average Bonchev–Trinajstić information content (AvgIpc) is 2.39. The number of allylic oxidation sites excluding steroid dienone is 1. The fraction of sp³-hybridized carbons (Fsp3) is 0.875. The molecule has 0 amide bonds. The zero-order chi connectivity index (χ0) is 13.6. The number of hydrogen-bond donors (Lipinski definition) is 0. The van der Waals surface area contributed by atoms with Crippen LogP contribution in [-0.2, 0) is 14.2 Å². The van der Waals surface area contributed by atoms with Gasteiger partial charge in [0.2, 0.25) is 0 Å². The van der Waals surface area contributed by atoms with E-state index in [4.69, 9.17) is 14.2 Å². The van der Waals surface area contributed by atoms with Crippen molar-refractivity contribution in [2.75, 3.05) is 33.0 Å². The molecule has 1 aliphatic rings. The van der Waals surface area contributed by atoms with Gasteiger partial charge < -0.3 is 14.2 Å². The summed E-state index contributed by atoms with van der Waals surface area (Å²) < 4.78 is 16.9. The maximum Gasteiger partial charge on any atom is 0.0811 e. The van der Waals surface area contributed by atoms with Crippen molar-refractivity contribution in [3.63, 3.8) is 0 Å². The minimum Gasteiger partial charge on any atom is -0.381 e. The molecule has 0 spiro atoms. The summed E-state index contributed by atoms with van der Waals surface area (Å²) in [4.78, 5) is 0. The van der Waals surface area contributed by atoms with E-state index < -0.39 is 0 Å². The van der Waals surface area contributed by atoms with Gasteiger partial charge in [-0.25, -0.2) is 0 Å². The quantitative estimate of drug-likeness (QED) is 0.447. The molecule has 3 nitrogen and oxygen atoms in total. The predicted molar refractivity (Wildman–Crippen MR) is 78.5 cm³/mol. The molecule has 0 aliphatic carbocycles. The highest BCUT2D eigenvalue weighted by molar-refractivity contribution is 4.84. The molecule has 1 aliphatic heterocycles. The summed E-state index contributed by atoms with van der Waals surface area (Å²) in [5, 5.41) is 0. The van der Waals surface area contributed by atoms with E-state index in [1.165, 1.54) is 6.42 Å². The summed E-state index contributed by atoms with van der Waals surface area (Å²) in [6, 6.07) is 0. The minimum atomic E-state index is 0.290. The zero-order valence-corrected chi connectivity index (χ0v) is 12.4. The lowest BCUT2D eigenvalue weighted by Gasteiger charge is -2.18. The topological polar surface area (TPSA) is 27.7 Å². The van der Waals surface area contributed by atoms with Gasteiger partial charge in [0.05, 0.1) is 19.3 Å². The fourth-order valence-corrected chi connectivity index (χ4v) is 2.08. The summed E-state index contributed by atoms with van der Waals surface area (Å²) in [5.41, 5.74) is 0. The SMILES string of the molecule is CCCOCCCCCOC[C@H]1CC/C=C/CCO1. The standard InChI is InChI=1S/C16H30O3/c1-2-11-17-12-7-5-8-13-18-15-16-10-6-3-4-9-14-19-16/h3-4,16H,2,5-15H2,1H3/b4-3+/t16-/m1/s1. The zero-order valence-electron chi connectivity index (χ0n) is 12.4. The van der Waals surface area contributed by atoms with Crippen LogP contribution in [-0.4, -0.2) is 39.1 Å². The van der Waals surface area contributed by atoms with Crippen LogP contribution in [0.4, 0.5) is 0 Å². The Labute approximate surface area is 118 Å². The lowest BCUT2D eigenvalue weighted by Crippen LogP contribution is -2.21. The molecule has 1 rings (SSSR count). The second-order valence-corrected chi connectivity index (χ2v) is 5.08. The second-order valence-electron chi connectivity index (χ2n) is 5.08. The first kappa shape index (κ1) is 16.7. The minimum absolute atomic E-state index is 0.290. The molecule has 112 valence electrons. The van der Waals surface area contributed by atoms with Gasteiger partial charge in [0.1, 0.15) is 0 Å². The Balaban J connectivity index is 1.85. The van der Waals surface area contributed by atoms with Crippen LogP contribution in [0.3, 0.4) is 0 Å². The van der Waals surface area contributed by atoms with Crippen LogP contribution in [0.25, 0.3) is 0 Å². The van der Waals surface area contributed by atoms with E-state index in [9.17, 15) is 0 Å². The Kier molecular flexibility index (Phi) is 11.1. The van der Waals surface area contributed by atoms with Crippen molar-refractivity contribution in [1.29, 1.82) is 0 Å². The third-order valence-electron chi connectivity index (χ3n) is 3.19. The van der Waals surface area contributed by atoms with Gasteiger partial charge in [0, 0.05) is 19.8 Å². The van der Waals surface area contributed by atoms with Gasteiger partial charge in [-0.3, -0.25) is 0 Å². The maximum absolute atomic E-state index is 5.76. The summed E-state index contributed by atoms with van der Waals surface area (Å²) in [6.07, 6.45) is 12.6. The molecular weight excluding hydrogens is 240 g/mol. The van der Waals surface area contributed by atoms with Crippen LogP contribution in [0.1, 0.15) is 51.9 Å². The summed E-state index contributed by atoms with van der Waals surface area (Å²) in [6.45, 7) is 6.36. The van der Waals surface area contributed by atoms with E-state index in [2.05, 4.69) is 19.1 Å². The van der Waals surface area contributed by atoms with Crippen LogP contribution in [0.5, 0.6) is 0 Å². The first-order valence-electron chi connectivity index (χ1n) is 7.85. The van der Waals surface area contributed by atoms with Gasteiger partial charge in [-0.2, -0.15) is 0 Å². The molecule has 0 aromatic carbocycles. The Morgan fingerprint density at radius 3 is 2.63 bits per heavy atom. The van der Waals surface area contributed by atoms with Crippen LogP contribution < -0.4 is 0 Å². The highest BCUT2D eigenvalue weighted by atomic mass is 16.5. The number of rotatable bonds is 10. The van der Waals surface area contributed by atoms with Gasteiger partial charge in [-0.15, -0.1) is 0 Å². The molecule has 0 radical (unpaired) electrons. The molecule has 1 atom stereocenters. The highest BCUT2D eigenvalue weighted by Gasteiger charge is 2.09. The van der Waals surface area contributed by atoms with Crippen LogP contribution in [0.2, 0.25) is 0 Å². The third kappa shape index (κ3) is 10.1. The van der Waals surface area contributed by atoms with Crippen molar-refractivity contribution in [3.8, 4) is 0 Å². The molecule has 0 N–H and O–H groups in total. The summed E-state index contributed by atoms with van der Waals surface area (Å²) in [5.74, 6) is 0. The molecular formula is C16H30O3. The number of unbranched alkanes of at least 4 members (excludes halogenated alkanes) is 2. The molecule has 0 saturated carbocycles. The van der Waals surface area contributed by atoms with Crippen LogP contribution >= 0.6 is 0 Å². The van der Waals surface area contributed by atoms with Crippen molar-refractivity contribution in [2.24, 2.45) is 0 Å². The molecule has 0 aromatic heterocycles. The van der Waals surface area contributed by atoms with Crippen molar-refractivity contribution in [3.05, 3.63) is 12.2 Å². The third-order valence-corrected chi connectivity index (χ3v) is 3.19. The van der Waals surface area contributed by atoms with Crippen molar-refractivity contribution in [2.45, 2.75) is 58.0 Å². The van der Waals surface area contributed by atoms with Gasteiger partial charge in [-0.1, -0.05) is 19.1 Å². The van der Waals surface area contributed by atoms with Gasteiger partial charge >= 0.3 is 0 Å². The average molecular weight is 270 g/mol. The lowest BCUT2D eigenvalue weighted by molar-refractivity contribution is -0.0204. The van der Waals surface area contributed by atoms with Gasteiger partial charge in [0.15, 0.2) is 0 Å². The van der Waals surface area contributed by atoms with Gasteiger partial charge in [0.25, 0.3) is 0 Å². The molecule has 3 heteroatoms. The molecule has 0 bridgehead atoms. The van der Waals surface area contributed by atoms with E-state index in [0.717, 1.165) is 71.6 Å². The Morgan fingerprint density at radius 1 is 1.00 bits per heavy atom. The van der Waals surface area contributed by atoms with Crippen molar-refractivity contribution >= 4 is 0 Å². The normalized spacial score (nSPS) is 21.8. The van der Waals surface area contributed by atoms with Crippen LogP contribution in [0, 0.1) is 0 Å². The Hall–Kier alpha value is -0.380. The predicted octanol–water partition coefficient (Wildman–Crippen LogP) is 3.73. The van der Waals surface area contributed by atoms with Gasteiger partial charge in [-0.05, 0) is 44.9 Å². The Morgan fingerprint density at radius 2 is 1.79 bits per heavy atom. The maximum atomic E-state index is 5.76. The van der Waals surface area contributed by atoms with E-state index >= 15 is 0 Å². The largest absolute Gasteiger partial charge is 0.381 e. The summed E-state index contributed by atoms with van der Waals surface area (Å²) in [7, 11) is 0. The van der Waals surface area contributed by atoms with E-state index in [1.54, 1.807) is 0 Å². The van der Waals surface area contributed by atoms with Crippen molar-refractivity contribution in [1.82, 2.24) is 0 Å². The molecule has 1 heterocycles. The monoisotopic (exact) mass is 270 g/mol. The highest BCUT2D eigenvalue weighted by Crippen LogP contribution is 2.09. The number of ether oxygens (including phenoxy) is 3. The smallest absolute Gasteiger partial charge is 0.0811 e. The molecule has 0 aromatic rings. The lowest BCUT2D eigenvalue weighted by atomic mass is 10.1. The molecule has 0 saturated heterocycles. The molecule has 0 fully saturated rings. The van der Waals surface area contributed by atoms with Crippen molar-refractivity contribution < 1.29 is 14.2 Å². The fourth-order valence-electron chi connectivity index (χ4n) is 2.08. The Bertz CT molecular complexity index is 216. The van der Waals surface area contributed by atoms with E-state index in [-0.39, 0.29) is 6.10 Å². The first-order chi connectivity index (χ1) is 9.43. The molecule has 0 unspecified atom stereocenters. The van der Waals surface area contributed by atoms with Crippen LogP contribution in [0.15, 0.2) is 12.2 Å².